The summed E-state index contributed by atoms with van der Waals surface area (Å²) in [5, 5.41) is 4.97. The van der Waals surface area contributed by atoms with Gasteiger partial charge in [-0.1, -0.05) is 56.7 Å². The quantitative estimate of drug-likeness (QED) is 0.338. The van der Waals surface area contributed by atoms with Crippen molar-refractivity contribution >= 4 is 10.9 Å². The summed E-state index contributed by atoms with van der Waals surface area (Å²) < 4.78 is 44.8. The van der Waals surface area contributed by atoms with Crippen LogP contribution < -0.4 is 10.1 Å². The molecule has 2 fully saturated rings. The third-order valence-electron chi connectivity index (χ3n) is 7.98. The summed E-state index contributed by atoms with van der Waals surface area (Å²) in [5.74, 6) is 0.533. The van der Waals surface area contributed by atoms with Crippen LogP contribution >= 0.6 is 0 Å². The summed E-state index contributed by atoms with van der Waals surface area (Å²) in [6.45, 7) is 1.99. The molecule has 0 amide bonds. The minimum atomic E-state index is -4.70. The van der Waals surface area contributed by atoms with E-state index < -0.39 is 6.36 Å². The predicted octanol–water partition coefficient (Wildman–Crippen LogP) is 8.25. The van der Waals surface area contributed by atoms with Crippen LogP contribution in [0.25, 0.3) is 22.0 Å². The lowest BCUT2D eigenvalue weighted by molar-refractivity contribution is -0.274. The van der Waals surface area contributed by atoms with Gasteiger partial charge in [-0.3, -0.25) is 0 Å². The summed E-state index contributed by atoms with van der Waals surface area (Å²) in [6, 6.07) is 13.2. The number of aromatic nitrogens is 1. The van der Waals surface area contributed by atoms with Crippen LogP contribution in [0.4, 0.5) is 13.2 Å². The number of hydrogen-bond donors (Lipinski definition) is 1. The highest BCUT2D eigenvalue weighted by molar-refractivity contribution is 5.89. The average Bonchev–Trinajstić information content (AvgIpc) is 3.21. The molecule has 1 heterocycles. The van der Waals surface area contributed by atoms with Crippen molar-refractivity contribution in [2.45, 2.75) is 89.6 Å². The van der Waals surface area contributed by atoms with E-state index in [0.29, 0.717) is 6.04 Å². The Morgan fingerprint density at radius 1 is 0.861 bits per heavy atom. The van der Waals surface area contributed by atoms with Crippen molar-refractivity contribution in [1.82, 2.24) is 9.88 Å². The number of hydrogen-bond acceptors (Lipinski definition) is 2. The lowest BCUT2D eigenvalue weighted by Gasteiger charge is -2.22. The first-order valence-corrected chi connectivity index (χ1v) is 13.7. The maximum Gasteiger partial charge on any atom is 0.573 e. The number of nitrogens with zero attached hydrogens (tertiary/aromatic N) is 1. The van der Waals surface area contributed by atoms with E-state index in [1.165, 1.54) is 92.8 Å². The lowest BCUT2D eigenvalue weighted by Crippen LogP contribution is -2.32. The molecule has 0 radical (unpaired) electrons. The van der Waals surface area contributed by atoms with Crippen molar-refractivity contribution in [2.24, 2.45) is 5.92 Å². The number of alkyl halides is 3. The maximum absolute atomic E-state index is 12.8. The standard InChI is InChI=1S/C30H37F3N2O/c31-30(32,33)36-27-13-7-10-23(18-27)24-14-15-29-28(19-24)25(16-17-34-26-11-5-2-6-12-26)21-35(29)20-22-8-3-1-4-9-22/h7,10,13-15,18-19,21-22,26,34H,1-6,8-9,11-12,16-17,20H2. The Balaban J connectivity index is 1.41. The fraction of sp³-hybridized carbons (Fsp3) is 0.533. The van der Waals surface area contributed by atoms with Crippen molar-refractivity contribution in [1.29, 1.82) is 0 Å². The molecule has 194 valence electrons. The van der Waals surface area contributed by atoms with Crippen LogP contribution in [-0.4, -0.2) is 23.5 Å². The molecule has 1 N–H and O–H groups in total. The van der Waals surface area contributed by atoms with Crippen LogP contribution in [0, 0.1) is 5.92 Å². The van der Waals surface area contributed by atoms with Crippen LogP contribution in [-0.2, 0) is 13.0 Å². The van der Waals surface area contributed by atoms with E-state index >= 15 is 0 Å². The van der Waals surface area contributed by atoms with E-state index in [0.717, 1.165) is 36.6 Å². The van der Waals surface area contributed by atoms with E-state index in [9.17, 15) is 13.2 Å². The van der Waals surface area contributed by atoms with Crippen LogP contribution in [0.2, 0.25) is 0 Å². The second-order valence-electron chi connectivity index (χ2n) is 10.7. The molecule has 0 atom stereocenters. The van der Waals surface area contributed by atoms with E-state index in [1.807, 2.05) is 12.1 Å². The van der Waals surface area contributed by atoms with Gasteiger partial charge in [-0.15, -0.1) is 13.2 Å². The Hall–Kier alpha value is -2.47. The molecule has 0 aliphatic heterocycles. The summed E-state index contributed by atoms with van der Waals surface area (Å²) in [4.78, 5) is 0. The SMILES string of the molecule is FC(F)(F)Oc1cccc(-c2ccc3c(c2)c(CCNC2CCCCC2)cn3CC2CCCCC2)c1. The first-order valence-electron chi connectivity index (χ1n) is 13.7. The van der Waals surface area contributed by atoms with Crippen molar-refractivity contribution in [3.63, 3.8) is 0 Å². The number of halogens is 3. The van der Waals surface area contributed by atoms with Crippen molar-refractivity contribution in [2.75, 3.05) is 6.54 Å². The highest BCUT2D eigenvalue weighted by Gasteiger charge is 2.31. The number of rotatable bonds is 8. The monoisotopic (exact) mass is 498 g/mol. The molecule has 2 aliphatic rings. The Bertz CT molecular complexity index is 1140. The van der Waals surface area contributed by atoms with E-state index in [1.54, 1.807) is 6.07 Å². The Labute approximate surface area is 212 Å². The zero-order valence-corrected chi connectivity index (χ0v) is 21.0. The van der Waals surface area contributed by atoms with Gasteiger partial charge in [-0.05, 0) is 85.5 Å². The normalized spacial score (nSPS) is 18.1. The van der Waals surface area contributed by atoms with Gasteiger partial charge in [-0.2, -0.15) is 0 Å². The highest BCUT2D eigenvalue weighted by atomic mass is 19.4. The number of benzene rings is 2. The molecule has 1 aromatic heterocycles. The molecule has 0 unspecified atom stereocenters. The summed E-state index contributed by atoms with van der Waals surface area (Å²) in [5.41, 5.74) is 4.17. The first-order chi connectivity index (χ1) is 17.4. The number of nitrogens with one attached hydrogen (secondary N) is 1. The predicted molar refractivity (Wildman–Crippen MR) is 139 cm³/mol. The highest BCUT2D eigenvalue weighted by Crippen LogP contribution is 2.33. The maximum atomic E-state index is 12.8. The second kappa shape index (κ2) is 11.3. The lowest BCUT2D eigenvalue weighted by atomic mass is 9.89. The van der Waals surface area contributed by atoms with E-state index in [4.69, 9.17) is 0 Å². The molecule has 2 aromatic carbocycles. The van der Waals surface area contributed by atoms with Crippen LogP contribution in [0.15, 0.2) is 48.7 Å². The number of ether oxygens (including phenoxy) is 1. The summed E-state index contributed by atoms with van der Waals surface area (Å²) in [6.07, 6.45) is 11.7. The van der Waals surface area contributed by atoms with Gasteiger partial charge in [0.2, 0.25) is 0 Å². The molecule has 0 spiro atoms. The van der Waals surface area contributed by atoms with Gasteiger partial charge in [0.15, 0.2) is 0 Å². The van der Waals surface area contributed by atoms with Crippen molar-refractivity contribution < 1.29 is 17.9 Å². The van der Waals surface area contributed by atoms with Crippen LogP contribution in [0.5, 0.6) is 5.75 Å². The molecule has 3 nitrogen and oxygen atoms in total. The average molecular weight is 499 g/mol. The van der Waals surface area contributed by atoms with Crippen molar-refractivity contribution in [3.8, 4) is 16.9 Å². The van der Waals surface area contributed by atoms with Gasteiger partial charge < -0.3 is 14.6 Å². The Morgan fingerprint density at radius 2 is 1.58 bits per heavy atom. The fourth-order valence-electron chi connectivity index (χ4n) is 6.14. The molecule has 2 saturated carbocycles. The first kappa shape index (κ1) is 25.2. The van der Waals surface area contributed by atoms with Crippen LogP contribution in [0.3, 0.4) is 0 Å². The zero-order chi connectivity index (χ0) is 25.0. The van der Waals surface area contributed by atoms with E-state index in [2.05, 4.69) is 33.0 Å². The molecule has 3 aromatic rings. The number of fused-ring (bicyclic) bond motifs is 1. The minimum absolute atomic E-state index is 0.188. The molecule has 0 saturated heterocycles. The topological polar surface area (TPSA) is 26.2 Å². The van der Waals surface area contributed by atoms with Crippen molar-refractivity contribution in [3.05, 3.63) is 54.2 Å². The molecule has 5 rings (SSSR count). The Kier molecular flexibility index (Phi) is 7.90. The zero-order valence-electron chi connectivity index (χ0n) is 21.0. The molecule has 36 heavy (non-hydrogen) atoms. The van der Waals surface area contributed by atoms with Gasteiger partial charge in [0.1, 0.15) is 5.75 Å². The van der Waals surface area contributed by atoms with E-state index in [-0.39, 0.29) is 5.75 Å². The van der Waals surface area contributed by atoms with Gasteiger partial charge >= 0.3 is 6.36 Å². The summed E-state index contributed by atoms with van der Waals surface area (Å²) >= 11 is 0. The molecular formula is C30H37F3N2O. The smallest absolute Gasteiger partial charge is 0.406 e. The Morgan fingerprint density at radius 3 is 2.33 bits per heavy atom. The van der Waals surface area contributed by atoms with Gasteiger partial charge in [0.25, 0.3) is 0 Å². The third-order valence-corrected chi connectivity index (χ3v) is 7.98. The molecular weight excluding hydrogens is 461 g/mol. The molecule has 6 heteroatoms. The fourth-order valence-corrected chi connectivity index (χ4v) is 6.14. The molecule has 2 aliphatic carbocycles. The second-order valence-corrected chi connectivity index (χ2v) is 10.7. The van der Waals surface area contributed by atoms with Gasteiger partial charge in [0.05, 0.1) is 0 Å². The van der Waals surface area contributed by atoms with Crippen LogP contribution in [0.1, 0.15) is 69.8 Å². The van der Waals surface area contributed by atoms with Gasteiger partial charge in [-0.25, -0.2) is 0 Å². The molecule has 0 bridgehead atoms. The summed E-state index contributed by atoms with van der Waals surface area (Å²) in [7, 11) is 0. The van der Waals surface area contributed by atoms with Gasteiger partial charge in [0, 0.05) is 29.7 Å². The third kappa shape index (κ3) is 6.44. The minimum Gasteiger partial charge on any atom is -0.406 e. The largest absolute Gasteiger partial charge is 0.573 e.